The number of nitrogens with zero attached hydrogens (tertiary/aromatic N) is 6. The number of halogens is 3. The van der Waals surface area contributed by atoms with Crippen molar-refractivity contribution in [3.05, 3.63) is 28.6 Å². The fourth-order valence-corrected chi connectivity index (χ4v) is 3.66. The van der Waals surface area contributed by atoms with Crippen molar-refractivity contribution in [2.45, 2.75) is 44.7 Å². The van der Waals surface area contributed by atoms with Crippen LogP contribution in [0.4, 0.5) is 24.9 Å². The number of rotatable bonds is 3. The summed E-state index contributed by atoms with van der Waals surface area (Å²) in [6, 6.07) is -0.415. The minimum atomic E-state index is -4.47. The van der Waals surface area contributed by atoms with E-state index in [0.29, 0.717) is 25.6 Å². The van der Waals surface area contributed by atoms with Crippen LogP contribution in [0.2, 0.25) is 0 Å². The maximum atomic E-state index is 13.7. The molecule has 2 aromatic rings. The number of nitrogens with one attached hydrogen (secondary N) is 1. The average molecular weight is 399 g/mol. The van der Waals surface area contributed by atoms with Crippen LogP contribution in [-0.2, 0) is 17.8 Å². The van der Waals surface area contributed by atoms with E-state index in [-0.39, 0.29) is 42.9 Å². The summed E-state index contributed by atoms with van der Waals surface area (Å²) in [7, 11) is 0. The van der Waals surface area contributed by atoms with Crippen LogP contribution in [0.3, 0.4) is 0 Å². The van der Waals surface area contributed by atoms with Gasteiger partial charge in [0.2, 0.25) is 5.95 Å². The molecule has 2 aliphatic heterocycles. The highest BCUT2D eigenvalue weighted by molar-refractivity contribution is 5.47. The maximum Gasteiger partial charge on any atom is 0.408 e. The highest BCUT2D eigenvalue weighted by atomic mass is 19.4. The number of hydrogen-bond donors (Lipinski definition) is 1. The summed E-state index contributed by atoms with van der Waals surface area (Å²) in [5, 5.41) is 6.27. The smallest absolute Gasteiger partial charge is 0.377 e. The lowest BCUT2D eigenvalue weighted by Gasteiger charge is -2.40. The molecule has 12 heteroatoms. The molecule has 4 heterocycles. The summed E-state index contributed by atoms with van der Waals surface area (Å²) in [5.74, 6) is 0.616. The van der Waals surface area contributed by atoms with Gasteiger partial charge in [-0.2, -0.15) is 23.3 Å². The van der Waals surface area contributed by atoms with Gasteiger partial charge in [0, 0.05) is 19.2 Å². The Labute approximate surface area is 158 Å². The highest BCUT2D eigenvalue weighted by Crippen LogP contribution is 2.35. The Bertz CT molecular complexity index is 883. The highest BCUT2D eigenvalue weighted by Gasteiger charge is 2.47. The molecule has 0 aromatic carbocycles. The number of ether oxygens (including phenoxy) is 1. The predicted octanol–water partition coefficient (Wildman–Crippen LogP) is 0.928. The largest absolute Gasteiger partial charge is 0.408 e. The molecule has 152 valence electrons. The van der Waals surface area contributed by atoms with Crippen LogP contribution in [0.1, 0.15) is 19.2 Å². The number of H-pyrrole nitrogens is 1. The minimum Gasteiger partial charge on any atom is -0.377 e. The molecule has 2 aromatic heterocycles. The van der Waals surface area contributed by atoms with E-state index in [4.69, 9.17) is 4.74 Å². The molecular formula is C16H20F3N7O2. The maximum absolute atomic E-state index is 13.7. The summed E-state index contributed by atoms with van der Waals surface area (Å²) >= 11 is 0. The Kier molecular flexibility index (Phi) is 4.73. The monoisotopic (exact) mass is 399 g/mol. The van der Waals surface area contributed by atoms with Crippen LogP contribution < -0.4 is 15.4 Å². The fraction of sp³-hybridized carbons (Fsp3) is 0.625. The summed E-state index contributed by atoms with van der Waals surface area (Å²) < 4.78 is 47.8. The van der Waals surface area contributed by atoms with Crippen molar-refractivity contribution in [1.82, 2.24) is 24.7 Å². The number of hydrogen-bond acceptors (Lipinski definition) is 7. The third-order valence-corrected chi connectivity index (χ3v) is 5.06. The molecular weight excluding hydrogens is 379 g/mol. The van der Waals surface area contributed by atoms with Crippen molar-refractivity contribution in [1.29, 1.82) is 0 Å². The van der Waals surface area contributed by atoms with Crippen molar-refractivity contribution in [3.63, 3.8) is 0 Å². The molecule has 4 rings (SSSR count). The standard InChI is InChI=1S/C16H20F3N7O2/c1-10-8-28-5-4-24(10)13-6-14(27)25-3-2-11(16(17,18)19)26(15(25)22-13)7-12-20-9-21-23-12/h6,9-11H,2-5,7-8H2,1H3,(H,20,21,23)/t10-,11?/m1/s1. The number of fused-ring (bicyclic) bond motifs is 1. The van der Waals surface area contributed by atoms with E-state index in [2.05, 4.69) is 20.2 Å². The lowest BCUT2D eigenvalue weighted by molar-refractivity contribution is -0.153. The quantitative estimate of drug-likeness (QED) is 0.821. The molecule has 2 atom stereocenters. The van der Waals surface area contributed by atoms with E-state index in [1.54, 1.807) is 0 Å². The Morgan fingerprint density at radius 1 is 1.36 bits per heavy atom. The Balaban J connectivity index is 1.78. The lowest BCUT2D eigenvalue weighted by Crippen LogP contribution is -2.52. The van der Waals surface area contributed by atoms with E-state index < -0.39 is 12.2 Å². The summed E-state index contributed by atoms with van der Waals surface area (Å²) in [6.07, 6.45) is -3.47. The van der Waals surface area contributed by atoms with Crippen molar-refractivity contribution in [3.8, 4) is 0 Å². The molecule has 0 spiro atoms. The number of anilines is 2. The number of morpholine rings is 1. The first kappa shape index (κ1) is 18.7. The van der Waals surface area contributed by atoms with Gasteiger partial charge in [-0.25, -0.2) is 4.98 Å². The van der Waals surface area contributed by atoms with Crippen LogP contribution in [0.5, 0.6) is 0 Å². The van der Waals surface area contributed by atoms with Gasteiger partial charge in [-0.15, -0.1) is 0 Å². The van der Waals surface area contributed by atoms with Crippen LogP contribution in [0, 0.1) is 0 Å². The van der Waals surface area contributed by atoms with Gasteiger partial charge in [0.15, 0.2) is 0 Å². The van der Waals surface area contributed by atoms with E-state index in [0.717, 1.165) is 4.90 Å². The van der Waals surface area contributed by atoms with E-state index >= 15 is 0 Å². The number of aromatic nitrogens is 5. The van der Waals surface area contributed by atoms with Crippen molar-refractivity contribution >= 4 is 11.8 Å². The van der Waals surface area contributed by atoms with Gasteiger partial charge in [-0.1, -0.05) is 0 Å². The normalized spacial score (nSPS) is 23.0. The number of alkyl halides is 3. The molecule has 1 unspecified atom stereocenters. The zero-order valence-corrected chi connectivity index (χ0v) is 15.2. The molecule has 0 saturated carbocycles. The molecule has 1 N–H and O–H groups in total. The van der Waals surface area contributed by atoms with E-state index in [1.165, 1.54) is 17.0 Å². The molecule has 0 bridgehead atoms. The Hall–Kier alpha value is -2.63. The SMILES string of the molecule is C[C@@H]1COCCN1c1cc(=O)n2c(n1)N(Cc1ncn[nH]1)C(C(F)(F)F)CC2. The van der Waals surface area contributed by atoms with Gasteiger partial charge in [0.1, 0.15) is 24.0 Å². The number of aromatic amines is 1. The van der Waals surface area contributed by atoms with Crippen LogP contribution in [0.15, 0.2) is 17.2 Å². The summed E-state index contributed by atoms with van der Waals surface area (Å²) in [5.41, 5.74) is -0.373. The van der Waals surface area contributed by atoms with Gasteiger partial charge >= 0.3 is 6.18 Å². The van der Waals surface area contributed by atoms with Gasteiger partial charge in [-0.3, -0.25) is 14.5 Å². The molecule has 0 radical (unpaired) electrons. The molecule has 9 nitrogen and oxygen atoms in total. The zero-order chi connectivity index (χ0) is 19.9. The minimum absolute atomic E-state index is 0.00818. The van der Waals surface area contributed by atoms with Crippen molar-refractivity contribution in [2.24, 2.45) is 0 Å². The van der Waals surface area contributed by atoms with Gasteiger partial charge in [0.25, 0.3) is 5.56 Å². The fourth-order valence-electron chi connectivity index (χ4n) is 3.66. The predicted molar refractivity (Wildman–Crippen MR) is 93.1 cm³/mol. The molecule has 1 fully saturated rings. The zero-order valence-electron chi connectivity index (χ0n) is 15.2. The van der Waals surface area contributed by atoms with Crippen molar-refractivity contribution in [2.75, 3.05) is 29.6 Å². The van der Waals surface area contributed by atoms with Crippen molar-refractivity contribution < 1.29 is 17.9 Å². The van der Waals surface area contributed by atoms with Crippen LogP contribution in [0.25, 0.3) is 0 Å². The van der Waals surface area contributed by atoms with E-state index in [1.807, 2.05) is 11.8 Å². The molecule has 1 saturated heterocycles. The lowest BCUT2D eigenvalue weighted by atomic mass is 10.1. The van der Waals surface area contributed by atoms with Gasteiger partial charge in [-0.05, 0) is 13.3 Å². The second-order valence-electron chi connectivity index (χ2n) is 6.93. The molecule has 28 heavy (non-hydrogen) atoms. The average Bonchev–Trinajstić information content (AvgIpc) is 3.14. The second kappa shape index (κ2) is 7.08. The van der Waals surface area contributed by atoms with Gasteiger partial charge in [0.05, 0.1) is 25.8 Å². The Morgan fingerprint density at radius 2 is 2.18 bits per heavy atom. The van der Waals surface area contributed by atoms with Crippen LogP contribution in [-0.4, -0.2) is 62.8 Å². The molecule has 0 amide bonds. The first-order valence-corrected chi connectivity index (χ1v) is 8.98. The summed E-state index contributed by atoms with van der Waals surface area (Å²) in [4.78, 5) is 24.0. The Morgan fingerprint density at radius 3 is 2.86 bits per heavy atom. The third kappa shape index (κ3) is 3.43. The first-order valence-electron chi connectivity index (χ1n) is 8.98. The first-order chi connectivity index (χ1) is 13.3. The van der Waals surface area contributed by atoms with Gasteiger partial charge < -0.3 is 14.5 Å². The summed E-state index contributed by atoms with van der Waals surface area (Å²) in [6.45, 7) is 3.14. The van der Waals surface area contributed by atoms with E-state index in [9.17, 15) is 18.0 Å². The van der Waals surface area contributed by atoms with Crippen LogP contribution >= 0.6 is 0 Å². The third-order valence-electron chi connectivity index (χ3n) is 5.06. The molecule has 0 aliphatic carbocycles. The molecule has 2 aliphatic rings. The topological polar surface area (TPSA) is 92.2 Å². The second-order valence-corrected chi connectivity index (χ2v) is 6.93.